The Morgan fingerprint density at radius 1 is 0.839 bits per heavy atom. The summed E-state index contributed by atoms with van der Waals surface area (Å²) in [6.07, 6.45) is 5.19. The Labute approximate surface area is 181 Å². The number of anilines is 1. The standard InChI is InChI=1S/C24H27N3O4/c28-20-14-16-6-4-5-9-19(16)21(20)27-24(31)23(30)26-18-12-10-15(11-13-18)22(29)25-17-7-2-1-3-8-17/h4-6,9-13,17,20-21,28H,1-3,7-8,14H2,(H,25,29)(H,26,30)(H,27,31)/t20-,21-/m0/s1. The molecule has 0 radical (unpaired) electrons. The summed E-state index contributed by atoms with van der Waals surface area (Å²) in [6, 6.07) is 13.5. The first-order valence-electron chi connectivity index (χ1n) is 10.8. The minimum Gasteiger partial charge on any atom is -0.390 e. The Balaban J connectivity index is 1.32. The Hall–Kier alpha value is -3.19. The Morgan fingerprint density at radius 3 is 2.29 bits per heavy atom. The highest BCUT2D eigenvalue weighted by molar-refractivity contribution is 6.39. The van der Waals surface area contributed by atoms with Crippen LogP contribution in [0, 0.1) is 0 Å². The number of aliphatic hydroxyl groups excluding tert-OH is 1. The van der Waals surface area contributed by atoms with E-state index in [9.17, 15) is 19.5 Å². The van der Waals surface area contributed by atoms with Gasteiger partial charge in [0.2, 0.25) is 0 Å². The molecule has 0 bridgehead atoms. The SMILES string of the molecule is O=C(Nc1ccc(C(=O)NC2CCCCC2)cc1)C(=O)N[C@H]1c2ccccc2C[C@@H]1O. The maximum Gasteiger partial charge on any atom is 0.313 e. The van der Waals surface area contributed by atoms with E-state index in [1.165, 1.54) is 6.42 Å². The number of carbonyl (C=O) groups excluding carboxylic acids is 3. The summed E-state index contributed by atoms with van der Waals surface area (Å²) < 4.78 is 0. The molecule has 0 aromatic heterocycles. The van der Waals surface area contributed by atoms with Crippen molar-refractivity contribution < 1.29 is 19.5 Å². The number of carbonyl (C=O) groups is 3. The van der Waals surface area contributed by atoms with Crippen molar-refractivity contribution in [3.8, 4) is 0 Å². The van der Waals surface area contributed by atoms with Gasteiger partial charge in [0.25, 0.3) is 5.91 Å². The first-order valence-corrected chi connectivity index (χ1v) is 10.8. The molecule has 2 aromatic carbocycles. The molecule has 0 spiro atoms. The quantitative estimate of drug-likeness (QED) is 0.569. The summed E-state index contributed by atoms with van der Waals surface area (Å²) >= 11 is 0. The number of hydrogen-bond acceptors (Lipinski definition) is 4. The van der Waals surface area contributed by atoms with Gasteiger partial charge in [0.1, 0.15) is 0 Å². The predicted molar refractivity (Wildman–Crippen MR) is 116 cm³/mol. The lowest BCUT2D eigenvalue weighted by Gasteiger charge is -2.22. The molecule has 1 saturated carbocycles. The smallest absolute Gasteiger partial charge is 0.313 e. The minimum absolute atomic E-state index is 0.128. The van der Waals surface area contributed by atoms with E-state index in [4.69, 9.17) is 0 Å². The molecule has 2 aliphatic carbocycles. The van der Waals surface area contributed by atoms with E-state index in [1.54, 1.807) is 24.3 Å². The van der Waals surface area contributed by atoms with E-state index >= 15 is 0 Å². The van der Waals surface area contributed by atoms with Gasteiger partial charge < -0.3 is 21.1 Å². The molecule has 0 saturated heterocycles. The van der Waals surface area contributed by atoms with Crippen LogP contribution in [0.4, 0.5) is 5.69 Å². The van der Waals surface area contributed by atoms with Crippen LogP contribution in [0.1, 0.15) is 59.6 Å². The highest BCUT2D eigenvalue weighted by atomic mass is 16.3. The monoisotopic (exact) mass is 421 g/mol. The third-order valence-electron chi connectivity index (χ3n) is 6.04. The summed E-state index contributed by atoms with van der Waals surface area (Å²) in [5.41, 5.74) is 2.72. The zero-order valence-electron chi connectivity index (χ0n) is 17.3. The molecular formula is C24H27N3O4. The molecule has 2 atom stereocenters. The van der Waals surface area contributed by atoms with Gasteiger partial charge in [-0.2, -0.15) is 0 Å². The van der Waals surface area contributed by atoms with Gasteiger partial charge in [-0.05, 0) is 48.2 Å². The number of nitrogens with one attached hydrogen (secondary N) is 3. The fourth-order valence-corrected chi connectivity index (χ4v) is 4.36. The summed E-state index contributed by atoms with van der Waals surface area (Å²) in [6.45, 7) is 0. The van der Waals surface area contributed by atoms with Crippen LogP contribution in [0.5, 0.6) is 0 Å². The van der Waals surface area contributed by atoms with Crippen molar-refractivity contribution in [3.05, 3.63) is 65.2 Å². The van der Waals surface area contributed by atoms with Crippen LogP contribution in [-0.4, -0.2) is 35.0 Å². The molecule has 31 heavy (non-hydrogen) atoms. The second kappa shape index (κ2) is 9.31. The Kier molecular flexibility index (Phi) is 6.32. The van der Waals surface area contributed by atoms with Gasteiger partial charge in [0.15, 0.2) is 0 Å². The van der Waals surface area contributed by atoms with Gasteiger partial charge >= 0.3 is 11.8 Å². The second-order valence-corrected chi connectivity index (χ2v) is 8.26. The molecule has 3 amide bonds. The van der Waals surface area contributed by atoms with Crippen molar-refractivity contribution in [3.63, 3.8) is 0 Å². The van der Waals surface area contributed by atoms with E-state index in [-0.39, 0.29) is 11.9 Å². The Bertz CT molecular complexity index is 967. The lowest BCUT2D eigenvalue weighted by atomic mass is 9.95. The minimum atomic E-state index is -0.823. The number of aliphatic hydroxyl groups is 1. The van der Waals surface area contributed by atoms with Gasteiger partial charge in [-0.15, -0.1) is 0 Å². The fourth-order valence-electron chi connectivity index (χ4n) is 4.36. The van der Waals surface area contributed by atoms with Gasteiger partial charge in [-0.1, -0.05) is 43.5 Å². The largest absolute Gasteiger partial charge is 0.390 e. The maximum absolute atomic E-state index is 12.4. The molecule has 162 valence electrons. The molecule has 4 rings (SSSR count). The lowest BCUT2D eigenvalue weighted by molar-refractivity contribution is -0.137. The molecule has 7 nitrogen and oxygen atoms in total. The van der Waals surface area contributed by atoms with Crippen LogP contribution < -0.4 is 16.0 Å². The molecule has 0 unspecified atom stereocenters. The third-order valence-corrected chi connectivity index (χ3v) is 6.04. The van der Waals surface area contributed by atoms with Crippen LogP contribution in [-0.2, 0) is 16.0 Å². The molecule has 4 N–H and O–H groups in total. The van der Waals surface area contributed by atoms with E-state index < -0.39 is 24.0 Å². The van der Waals surface area contributed by atoms with E-state index in [2.05, 4.69) is 16.0 Å². The van der Waals surface area contributed by atoms with Crippen molar-refractivity contribution >= 4 is 23.4 Å². The topological polar surface area (TPSA) is 108 Å². The Morgan fingerprint density at radius 2 is 1.55 bits per heavy atom. The summed E-state index contributed by atoms with van der Waals surface area (Å²) in [5, 5.41) is 18.5. The number of rotatable bonds is 4. The number of fused-ring (bicyclic) bond motifs is 1. The molecule has 1 fully saturated rings. The van der Waals surface area contributed by atoms with E-state index in [0.29, 0.717) is 17.7 Å². The number of benzene rings is 2. The summed E-state index contributed by atoms with van der Waals surface area (Å²) in [7, 11) is 0. The van der Waals surface area contributed by atoms with E-state index in [1.807, 2.05) is 24.3 Å². The van der Waals surface area contributed by atoms with Crippen molar-refractivity contribution in [1.29, 1.82) is 0 Å². The number of amides is 3. The summed E-state index contributed by atoms with van der Waals surface area (Å²) in [4.78, 5) is 37.1. The highest BCUT2D eigenvalue weighted by Gasteiger charge is 2.33. The second-order valence-electron chi connectivity index (χ2n) is 8.26. The van der Waals surface area contributed by atoms with Crippen LogP contribution in [0.25, 0.3) is 0 Å². The normalized spacial score (nSPS) is 20.5. The predicted octanol–water partition coefficient (Wildman–Crippen LogP) is 2.46. The van der Waals surface area contributed by atoms with Crippen molar-refractivity contribution in [2.75, 3.05) is 5.32 Å². The van der Waals surface area contributed by atoms with Crippen molar-refractivity contribution in [2.24, 2.45) is 0 Å². The third kappa shape index (κ3) is 4.94. The average Bonchev–Trinajstić information content (AvgIpc) is 3.10. The first-order chi connectivity index (χ1) is 15.0. The van der Waals surface area contributed by atoms with Crippen LogP contribution in [0.15, 0.2) is 48.5 Å². The van der Waals surface area contributed by atoms with Gasteiger partial charge in [0.05, 0.1) is 12.1 Å². The highest BCUT2D eigenvalue weighted by Crippen LogP contribution is 2.31. The van der Waals surface area contributed by atoms with Gasteiger partial charge in [-0.3, -0.25) is 14.4 Å². The first kappa shape index (κ1) is 21.1. The zero-order valence-corrected chi connectivity index (χ0v) is 17.3. The van der Waals surface area contributed by atoms with Crippen molar-refractivity contribution in [2.45, 2.75) is 56.7 Å². The van der Waals surface area contributed by atoms with Gasteiger partial charge in [0, 0.05) is 23.7 Å². The van der Waals surface area contributed by atoms with Crippen LogP contribution in [0.2, 0.25) is 0 Å². The molecule has 0 heterocycles. The average molecular weight is 421 g/mol. The van der Waals surface area contributed by atoms with Crippen molar-refractivity contribution in [1.82, 2.24) is 10.6 Å². The summed E-state index contributed by atoms with van der Waals surface area (Å²) in [5.74, 6) is -1.77. The zero-order chi connectivity index (χ0) is 21.8. The van der Waals surface area contributed by atoms with E-state index in [0.717, 1.165) is 36.8 Å². The van der Waals surface area contributed by atoms with Crippen LogP contribution in [0.3, 0.4) is 0 Å². The molecular weight excluding hydrogens is 394 g/mol. The van der Waals surface area contributed by atoms with Crippen LogP contribution >= 0.6 is 0 Å². The van der Waals surface area contributed by atoms with Gasteiger partial charge in [-0.25, -0.2) is 0 Å². The lowest BCUT2D eigenvalue weighted by Crippen LogP contribution is -2.40. The number of hydrogen-bond donors (Lipinski definition) is 4. The molecule has 7 heteroatoms. The molecule has 2 aromatic rings. The fraction of sp³-hybridized carbons (Fsp3) is 0.375. The molecule has 0 aliphatic heterocycles. The maximum atomic E-state index is 12.4. The molecule has 2 aliphatic rings.